The van der Waals surface area contributed by atoms with Gasteiger partial charge in [-0.2, -0.15) is 0 Å². The molecule has 0 aromatic rings. The van der Waals surface area contributed by atoms with Crippen LogP contribution in [0.5, 0.6) is 0 Å². The van der Waals surface area contributed by atoms with E-state index in [9.17, 15) is 4.79 Å². The Labute approximate surface area is 161 Å². The summed E-state index contributed by atoms with van der Waals surface area (Å²) in [6.45, 7) is 2.26. The molecule has 0 aromatic heterocycles. The van der Waals surface area contributed by atoms with E-state index < -0.39 is 5.97 Å². The number of unbranched alkanes of at least 4 members (excludes halogenated alkanes) is 11. The largest absolute Gasteiger partial charge is 0.481 e. The molecule has 2 nitrogen and oxygen atoms in total. The van der Waals surface area contributed by atoms with Crippen molar-refractivity contribution >= 4 is 5.97 Å². The van der Waals surface area contributed by atoms with Crippen LogP contribution in [0, 0.1) is 37.7 Å². The Kier molecular flexibility index (Phi) is 23.1. The van der Waals surface area contributed by atoms with Crippen LogP contribution < -0.4 is 0 Å². The molecule has 3 heteroatoms. The normalized spacial score (nSPS) is 10.7. The Hall–Kier alpha value is 0.470. The standard InChI is InChI=1S/C18H34O2.Ho/c1-2-3-4-5-6-7-8-9-10-11-12-13-14-15-16-17-18(19)20;/h9-10H,2-8,11-17H2,1H3,(H,19,20);/b10-9-;. The van der Waals surface area contributed by atoms with E-state index in [1.165, 1.54) is 70.6 Å². The van der Waals surface area contributed by atoms with Gasteiger partial charge in [0.1, 0.15) is 0 Å². The quantitative estimate of drug-likeness (QED) is 0.187. The number of carbonyl (C=O) groups is 1. The van der Waals surface area contributed by atoms with E-state index in [1.54, 1.807) is 0 Å². The number of aliphatic carboxylic acids is 1. The van der Waals surface area contributed by atoms with Crippen LogP contribution in [-0.4, -0.2) is 11.1 Å². The smallest absolute Gasteiger partial charge is 0.303 e. The number of allylic oxidation sites excluding steroid dienone is 2. The zero-order chi connectivity index (χ0) is 14.9. The molecule has 0 saturated carbocycles. The van der Waals surface area contributed by atoms with Crippen LogP contribution in [-0.2, 0) is 4.79 Å². The van der Waals surface area contributed by atoms with Crippen LogP contribution in [0.15, 0.2) is 12.2 Å². The fourth-order valence-electron chi connectivity index (χ4n) is 2.35. The average molecular weight is 447 g/mol. The van der Waals surface area contributed by atoms with Gasteiger partial charge in [-0.3, -0.25) is 4.79 Å². The summed E-state index contributed by atoms with van der Waals surface area (Å²) in [5.41, 5.74) is 0. The summed E-state index contributed by atoms with van der Waals surface area (Å²) >= 11 is 0. The fraction of sp³-hybridized carbons (Fsp3) is 0.833. The SMILES string of the molecule is CCCCCCCC/C=C\CCCCCCCC(=O)O.[Ho]. The Morgan fingerprint density at radius 2 is 1.19 bits per heavy atom. The van der Waals surface area contributed by atoms with Crippen molar-refractivity contribution in [3.05, 3.63) is 12.2 Å². The Balaban J connectivity index is 0. The molecule has 0 saturated heterocycles. The fourth-order valence-corrected chi connectivity index (χ4v) is 2.35. The van der Waals surface area contributed by atoms with Crippen LogP contribution in [0.4, 0.5) is 0 Å². The summed E-state index contributed by atoms with van der Waals surface area (Å²) in [5, 5.41) is 8.51. The molecule has 0 aliphatic heterocycles. The third kappa shape index (κ3) is 22.9. The third-order valence-corrected chi connectivity index (χ3v) is 3.65. The van der Waals surface area contributed by atoms with Crippen molar-refractivity contribution in [2.45, 2.75) is 96.8 Å². The maximum absolute atomic E-state index is 10.3. The van der Waals surface area contributed by atoms with Crippen molar-refractivity contribution in [3.63, 3.8) is 0 Å². The topological polar surface area (TPSA) is 37.3 Å². The molecule has 0 spiro atoms. The summed E-state index contributed by atoms with van der Waals surface area (Å²) in [7, 11) is 0. The van der Waals surface area contributed by atoms with Crippen molar-refractivity contribution in [1.29, 1.82) is 0 Å². The molecule has 0 bridgehead atoms. The van der Waals surface area contributed by atoms with Gasteiger partial charge in [-0.05, 0) is 32.1 Å². The molecular weight excluding hydrogens is 413 g/mol. The van der Waals surface area contributed by atoms with Gasteiger partial charge in [0.25, 0.3) is 0 Å². The molecule has 0 aromatic carbocycles. The van der Waals surface area contributed by atoms with E-state index in [4.69, 9.17) is 5.11 Å². The minimum absolute atomic E-state index is 0. The molecule has 21 heavy (non-hydrogen) atoms. The molecule has 0 aliphatic rings. The predicted octanol–water partition coefficient (Wildman–Crippen LogP) is 6.11. The van der Waals surface area contributed by atoms with Gasteiger partial charge >= 0.3 is 5.97 Å². The molecular formula is C18H34HoO2. The second-order valence-corrected chi connectivity index (χ2v) is 5.73. The number of carboxylic acid groups (broad SMARTS) is 1. The minimum Gasteiger partial charge on any atom is -0.481 e. The van der Waals surface area contributed by atoms with Gasteiger partial charge in [0.05, 0.1) is 0 Å². The molecule has 0 amide bonds. The maximum atomic E-state index is 10.3. The van der Waals surface area contributed by atoms with Gasteiger partial charge in [-0.1, -0.05) is 70.4 Å². The molecule has 0 rings (SSSR count). The molecule has 0 unspecified atom stereocenters. The van der Waals surface area contributed by atoms with Gasteiger partial charge in [0.2, 0.25) is 0 Å². The summed E-state index contributed by atoms with van der Waals surface area (Å²) < 4.78 is 0. The monoisotopic (exact) mass is 447 g/mol. The van der Waals surface area contributed by atoms with Crippen LogP contribution in [0.3, 0.4) is 0 Å². The van der Waals surface area contributed by atoms with Crippen molar-refractivity contribution < 1.29 is 47.6 Å². The first-order chi connectivity index (χ1) is 9.77. The van der Waals surface area contributed by atoms with Crippen molar-refractivity contribution in [2.75, 3.05) is 0 Å². The van der Waals surface area contributed by atoms with Gasteiger partial charge in [-0.25, -0.2) is 0 Å². The van der Waals surface area contributed by atoms with Crippen LogP contribution in [0.1, 0.15) is 96.8 Å². The zero-order valence-corrected chi connectivity index (χ0v) is 15.6. The second-order valence-electron chi connectivity index (χ2n) is 5.73. The van der Waals surface area contributed by atoms with E-state index in [2.05, 4.69) is 19.1 Å². The number of carboxylic acids is 1. The Morgan fingerprint density at radius 1 is 0.762 bits per heavy atom. The van der Waals surface area contributed by atoms with E-state index in [-0.39, 0.29) is 37.7 Å². The van der Waals surface area contributed by atoms with Crippen molar-refractivity contribution in [3.8, 4) is 0 Å². The summed E-state index contributed by atoms with van der Waals surface area (Å²) in [6.07, 6.45) is 21.2. The first kappa shape index (κ1) is 23.7. The summed E-state index contributed by atoms with van der Waals surface area (Å²) in [5.74, 6) is -0.664. The third-order valence-electron chi connectivity index (χ3n) is 3.65. The first-order valence-corrected chi connectivity index (χ1v) is 8.64. The second kappa shape index (κ2) is 20.5. The van der Waals surface area contributed by atoms with Crippen LogP contribution in [0.2, 0.25) is 0 Å². The number of hydrogen-bond donors (Lipinski definition) is 1. The van der Waals surface area contributed by atoms with E-state index in [0.29, 0.717) is 6.42 Å². The minimum atomic E-state index is -0.664. The average Bonchev–Trinajstić information content (AvgIpc) is 2.43. The van der Waals surface area contributed by atoms with E-state index >= 15 is 0 Å². The van der Waals surface area contributed by atoms with Crippen molar-refractivity contribution in [1.82, 2.24) is 0 Å². The summed E-state index contributed by atoms with van der Waals surface area (Å²) in [6, 6.07) is 0. The molecule has 129 valence electrons. The molecule has 0 heterocycles. The van der Waals surface area contributed by atoms with Crippen LogP contribution >= 0.6 is 0 Å². The Bertz CT molecular complexity index is 239. The van der Waals surface area contributed by atoms with Gasteiger partial charge in [0.15, 0.2) is 0 Å². The molecule has 0 aliphatic carbocycles. The van der Waals surface area contributed by atoms with Gasteiger partial charge in [0, 0.05) is 44.2 Å². The molecule has 1 N–H and O–H groups in total. The zero-order valence-electron chi connectivity index (χ0n) is 13.7. The predicted molar refractivity (Wildman–Crippen MR) is 87.1 cm³/mol. The molecule has 1 radical (unpaired) electrons. The molecule has 0 atom stereocenters. The maximum Gasteiger partial charge on any atom is 0.303 e. The van der Waals surface area contributed by atoms with Gasteiger partial charge in [-0.15, -0.1) is 0 Å². The number of rotatable bonds is 15. The number of hydrogen-bond acceptors (Lipinski definition) is 1. The molecule has 0 fully saturated rings. The first-order valence-electron chi connectivity index (χ1n) is 8.64. The Morgan fingerprint density at radius 3 is 1.67 bits per heavy atom. The van der Waals surface area contributed by atoms with E-state index in [1.807, 2.05) is 0 Å². The van der Waals surface area contributed by atoms with Gasteiger partial charge < -0.3 is 5.11 Å². The van der Waals surface area contributed by atoms with Crippen LogP contribution in [0.25, 0.3) is 0 Å². The van der Waals surface area contributed by atoms with E-state index in [0.717, 1.165) is 12.8 Å². The van der Waals surface area contributed by atoms with Crippen molar-refractivity contribution in [2.24, 2.45) is 0 Å². The summed E-state index contributed by atoms with van der Waals surface area (Å²) in [4.78, 5) is 10.3.